The highest BCUT2D eigenvalue weighted by molar-refractivity contribution is 7.89. The van der Waals surface area contributed by atoms with Gasteiger partial charge in [-0.05, 0) is 117 Å². The Balaban J connectivity index is 1.24. The molecule has 0 heterocycles. The van der Waals surface area contributed by atoms with Crippen LogP contribution in [0.3, 0.4) is 0 Å². The van der Waals surface area contributed by atoms with Crippen molar-refractivity contribution in [2.45, 2.75) is 55.9 Å². The molecule has 2 aromatic rings. The summed E-state index contributed by atoms with van der Waals surface area (Å²) in [6.07, 6.45) is 6.86. The molecule has 4 aliphatic rings. The molecule has 0 unspecified atom stereocenters. The lowest BCUT2D eigenvalue weighted by molar-refractivity contribution is -0.00810. The van der Waals surface area contributed by atoms with Gasteiger partial charge in [0.25, 0.3) is 0 Å². The Hall–Kier alpha value is -1.96. The average Bonchev–Trinajstić information content (AvgIpc) is 2.66. The van der Waals surface area contributed by atoms with Gasteiger partial charge in [0.1, 0.15) is 0 Å². The van der Waals surface area contributed by atoms with Gasteiger partial charge in [0, 0.05) is 16.9 Å². The second-order valence-corrected chi connectivity index (χ2v) is 11.9. The van der Waals surface area contributed by atoms with Gasteiger partial charge in [0.05, 0.1) is 4.90 Å². The zero-order valence-corrected chi connectivity index (χ0v) is 19.4. The van der Waals surface area contributed by atoms with Crippen LogP contribution in [-0.2, 0) is 10.0 Å². The molecule has 4 aliphatic carbocycles. The lowest BCUT2D eigenvalue weighted by Crippen LogP contribution is -2.59. The molecule has 3 N–H and O–H groups in total. The molecule has 4 fully saturated rings. The molecule has 0 aliphatic heterocycles. The van der Waals surface area contributed by atoms with E-state index in [0.29, 0.717) is 27.8 Å². The van der Waals surface area contributed by atoms with E-state index in [4.69, 9.17) is 12.2 Å². The quantitative estimate of drug-likeness (QED) is 0.551. The Morgan fingerprint density at radius 3 is 2.06 bits per heavy atom. The largest absolute Gasteiger partial charge is 0.332 e. The zero-order valence-electron chi connectivity index (χ0n) is 17.7. The fourth-order valence-corrected chi connectivity index (χ4v) is 7.98. The van der Waals surface area contributed by atoms with Crippen LogP contribution in [0.15, 0.2) is 53.4 Å². The first-order valence-electron chi connectivity index (χ1n) is 11.1. The van der Waals surface area contributed by atoms with Gasteiger partial charge in [0.2, 0.25) is 10.0 Å². The molecule has 0 aromatic heterocycles. The summed E-state index contributed by atoms with van der Waals surface area (Å²) in [4.78, 5) is 0.311. The highest BCUT2D eigenvalue weighted by Gasteiger charge is 2.52. The third-order valence-electron chi connectivity index (χ3n) is 7.09. The van der Waals surface area contributed by atoms with E-state index in [1.54, 1.807) is 24.3 Å². The Labute approximate surface area is 190 Å². The Morgan fingerprint density at radius 2 is 1.48 bits per heavy atom. The molecule has 2 aromatic carbocycles. The van der Waals surface area contributed by atoms with E-state index in [9.17, 15) is 8.42 Å². The molecule has 6 rings (SSSR count). The van der Waals surface area contributed by atoms with E-state index in [0.717, 1.165) is 36.2 Å². The highest BCUT2D eigenvalue weighted by Crippen LogP contribution is 2.55. The first-order valence-corrected chi connectivity index (χ1v) is 13.0. The van der Waals surface area contributed by atoms with Crippen molar-refractivity contribution in [1.29, 1.82) is 0 Å². The summed E-state index contributed by atoms with van der Waals surface area (Å²) in [7, 11) is -3.55. The normalized spacial score (nSPS) is 29.0. The van der Waals surface area contributed by atoms with Crippen LogP contribution in [-0.4, -0.2) is 19.1 Å². The number of anilines is 2. The van der Waals surface area contributed by atoms with Crippen LogP contribution in [0.2, 0.25) is 0 Å². The molecule has 0 radical (unpaired) electrons. The van der Waals surface area contributed by atoms with Gasteiger partial charge in [-0.1, -0.05) is 12.1 Å². The summed E-state index contributed by atoms with van der Waals surface area (Å²) in [5, 5.41) is 6.74. The van der Waals surface area contributed by atoms with Crippen molar-refractivity contribution in [3.63, 3.8) is 0 Å². The minimum atomic E-state index is -3.55. The Morgan fingerprint density at radius 1 is 0.903 bits per heavy atom. The SMILES string of the molecule is Cc1cccc(NC(=S)Nc2ccc(S(=O)(=O)NC34CC5CC(CC(C5)C3)C4)cc2)c1. The summed E-state index contributed by atoms with van der Waals surface area (Å²) >= 11 is 5.39. The Kier molecular flexibility index (Phi) is 5.31. The molecule has 0 saturated heterocycles. The van der Waals surface area contributed by atoms with Crippen LogP contribution < -0.4 is 15.4 Å². The van der Waals surface area contributed by atoms with E-state index in [-0.39, 0.29) is 5.54 Å². The number of nitrogens with one attached hydrogen (secondary N) is 3. The lowest BCUT2D eigenvalue weighted by atomic mass is 9.53. The minimum Gasteiger partial charge on any atom is -0.332 e. The molecular formula is C24H29N3O2S2. The van der Waals surface area contributed by atoms with Gasteiger partial charge < -0.3 is 10.6 Å². The van der Waals surface area contributed by atoms with Crippen LogP contribution in [0.25, 0.3) is 0 Å². The number of hydrogen-bond acceptors (Lipinski definition) is 3. The molecule has 5 nitrogen and oxygen atoms in total. The van der Waals surface area contributed by atoms with Crippen molar-refractivity contribution in [3.8, 4) is 0 Å². The maximum absolute atomic E-state index is 13.2. The molecule has 0 spiro atoms. The van der Waals surface area contributed by atoms with Crippen LogP contribution in [0.4, 0.5) is 11.4 Å². The van der Waals surface area contributed by atoms with E-state index in [2.05, 4.69) is 15.4 Å². The standard InChI is InChI=1S/C24H29N3O2S2/c1-16-3-2-4-21(9-16)26-23(30)25-20-5-7-22(8-6-20)31(28,29)27-24-13-17-10-18(14-24)12-19(11-17)15-24/h2-9,17-19,27H,10-15H2,1H3,(H2,25,26,30). The van der Waals surface area contributed by atoms with Gasteiger partial charge in [-0.25, -0.2) is 13.1 Å². The van der Waals surface area contributed by atoms with E-state index >= 15 is 0 Å². The Bertz CT molecular complexity index is 1060. The fraction of sp³-hybridized carbons (Fsp3) is 0.458. The second kappa shape index (κ2) is 7.87. The van der Waals surface area contributed by atoms with Crippen LogP contribution in [0.1, 0.15) is 44.1 Å². The summed E-state index contributed by atoms with van der Waals surface area (Å²) < 4.78 is 29.4. The average molecular weight is 456 g/mol. The first-order chi connectivity index (χ1) is 14.8. The molecule has 4 saturated carbocycles. The first kappa shape index (κ1) is 20.9. The number of sulfonamides is 1. The fourth-order valence-electron chi connectivity index (χ4n) is 6.31. The molecule has 31 heavy (non-hydrogen) atoms. The summed E-state index contributed by atoms with van der Waals surface area (Å²) in [6, 6.07) is 14.8. The maximum atomic E-state index is 13.2. The zero-order chi connectivity index (χ0) is 21.6. The molecule has 7 heteroatoms. The van der Waals surface area contributed by atoms with E-state index in [1.165, 1.54) is 19.3 Å². The van der Waals surface area contributed by atoms with Gasteiger partial charge >= 0.3 is 0 Å². The number of aryl methyl sites for hydroxylation is 1. The summed E-state index contributed by atoms with van der Waals surface area (Å²) in [6.45, 7) is 2.03. The predicted octanol–water partition coefficient (Wildman–Crippen LogP) is 5.05. The highest BCUT2D eigenvalue weighted by atomic mass is 32.2. The van der Waals surface area contributed by atoms with Gasteiger partial charge in [-0.3, -0.25) is 0 Å². The van der Waals surface area contributed by atoms with Crippen molar-refractivity contribution in [2.75, 3.05) is 10.6 Å². The van der Waals surface area contributed by atoms with Crippen molar-refractivity contribution < 1.29 is 8.42 Å². The van der Waals surface area contributed by atoms with Crippen molar-refractivity contribution in [1.82, 2.24) is 4.72 Å². The summed E-state index contributed by atoms with van der Waals surface area (Å²) in [5.74, 6) is 2.09. The van der Waals surface area contributed by atoms with E-state index in [1.807, 2.05) is 31.2 Å². The number of benzene rings is 2. The number of rotatable bonds is 5. The van der Waals surface area contributed by atoms with Crippen molar-refractivity contribution in [2.24, 2.45) is 17.8 Å². The van der Waals surface area contributed by atoms with Gasteiger partial charge in [-0.2, -0.15) is 0 Å². The monoisotopic (exact) mass is 455 g/mol. The second-order valence-electron chi connectivity index (χ2n) is 9.78. The molecule has 0 amide bonds. The topological polar surface area (TPSA) is 70.2 Å². The van der Waals surface area contributed by atoms with Crippen LogP contribution >= 0.6 is 12.2 Å². The maximum Gasteiger partial charge on any atom is 0.241 e. The third-order valence-corrected chi connectivity index (χ3v) is 8.89. The van der Waals surface area contributed by atoms with Crippen molar-refractivity contribution >= 4 is 38.7 Å². The van der Waals surface area contributed by atoms with Crippen LogP contribution in [0.5, 0.6) is 0 Å². The van der Waals surface area contributed by atoms with E-state index < -0.39 is 10.0 Å². The third kappa shape index (κ3) is 4.49. The summed E-state index contributed by atoms with van der Waals surface area (Å²) in [5.41, 5.74) is 2.58. The van der Waals surface area contributed by atoms with Crippen LogP contribution in [0, 0.1) is 24.7 Å². The predicted molar refractivity (Wildman–Crippen MR) is 129 cm³/mol. The number of thiocarbonyl (C=S) groups is 1. The minimum absolute atomic E-state index is 0.232. The van der Waals surface area contributed by atoms with Crippen molar-refractivity contribution in [3.05, 3.63) is 54.1 Å². The van der Waals surface area contributed by atoms with Gasteiger partial charge in [-0.15, -0.1) is 0 Å². The van der Waals surface area contributed by atoms with Gasteiger partial charge in [0.15, 0.2) is 5.11 Å². The molecule has 164 valence electrons. The molecular weight excluding hydrogens is 426 g/mol. The number of hydrogen-bond donors (Lipinski definition) is 3. The molecule has 4 bridgehead atoms. The molecule has 0 atom stereocenters. The smallest absolute Gasteiger partial charge is 0.241 e. The lowest BCUT2D eigenvalue weighted by Gasteiger charge is -2.56.